The number of nitrogens with one attached hydrogen (secondary N) is 2. The van der Waals surface area contributed by atoms with Crippen LogP contribution in [-0.2, 0) is 70.6 Å². The highest BCUT2D eigenvalue weighted by atomic mass is 35.5. The summed E-state index contributed by atoms with van der Waals surface area (Å²) in [5.41, 5.74) is -0.0851. The molecule has 2 fully saturated rings. The monoisotopic (exact) mass is 1130 g/mol. The summed E-state index contributed by atoms with van der Waals surface area (Å²) in [4.78, 5) is 74.0. The molecule has 2 aromatic carbocycles. The van der Waals surface area contributed by atoms with E-state index in [2.05, 4.69) is 15.0 Å². The highest BCUT2D eigenvalue weighted by Gasteiger charge is 2.39. The van der Waals surface area contributed by atoms with E-state index in [4.69, 9.17) is 26.2 Å². The summed E-state index contributed by atoms with van der Waals surface area (Å²) in [6.45, 7) is 0.607. The molecular formula is C49H46ClF4N9O12S2. The Balaban J connectivity index is 0.000000237. The van der Waals surface area contributed by atoms with Crippen molar-refractivity contribution in [2.24, 2.45) is 11.8 Å². The molecule has 406 valence electrons. The van der Waals surface area contributed by atoms with E-state index >= 15 is 0 Å². The lowest BCUT2D eigenvalue weighted by Gasteiger charge is -2.39. The summed E-state index contributed by atoms with van der Waals surface area (Å²) in [5, 5.41) is 27.6. The number of carbonyl (C=O) groups is 5. The fourth-order valence-electron chi connectivity index (χ4n) is 7.24. The molecule has 2 amide bonds. The number of pyridine rings is 3. The predicted molar refractivity (Wildman–Crippen MR) is 266 cm³/mol. The lowest BCUT2D eigenvalue weighted by atomic mass is 9.98. The fourth-order valence-corrected chi connectivity index (χ4v) is 9.91. The normalized spacial score (nSPS) is 13.1. The maximum absolute atomic E-state index is 13.5. The molecule has 0 unspecified atom stereocenters. The molecule has 5 heterocycles. The number of benzene rings is 2. The van der Waals surface area contributed by atoms with E-state index in [0.29, 0.717) is 11.1 Å². The second kappa shape index (κ2) is 27.0. The molecule has 0 atom stereocenters. The molecule has 3 aromatic heterocycles. The van der Waals surface area contributed by atoms with Gasteiger partial charge in [0.1, 0.15) is 49.6 Å². The lowest BCUT2D eigenvalue weighted by molar-refractivity contribution is -0.124. The van der Waals surface area contributed by atoms with Gasteiger partial charge in [0.25, 0.3) is 0 Å². The first-order chi connectivity index (χ1) is 36.6. The van der Waals surface area contributed by atoms with Gasteiger partial charge in [-0.3, -0.25) is 24.0 Å². The molecule has 3 N–H and O–H groups in total. The van der Waals surface area contributed by atoms with Crippen molar-refractivity contribution in [1.29, 1.82) is 10.5 Å². The molecule has 2 aliphatic heterocycles. The maximum atomic E-state index is 13.5. The fraction of sp³-hybridized carbons (Fsp3) is 0.306. The number of sulfonamides is 2. The van der Waals surface area contributed by atoms with E-state index in [-0.39, 0.29) is 101 Å². The number of hydrogen-bond acceptors (Lipinski definition) is 18. The second-order valence-electron chi connectivity index (χ2n) is 16.4. The van der Waals surface area contributed by atoms with Crippen molar-refractivity contribution >= 4 is 73.0 Å². The minimum Gasteiger partial charge on any atom is -0.478 e. The van der Waals surface area contributed by atoms with Gasteiger partial charge in [0.2, 0.25) is 31.9 Å². The zero-order chi connectivity index (χ0) is 56.6. The van der Waals surface area contributed by atoms with Gasteiger partial charge in [-0.25, -0.2) is 58.7 Å². The summed E-state index contributed by atoms with van der Waals surface area (Å²) in [6.07, 6.45) is 1.36. The number of hydrogen-bond donors (Lipinski definition) is 3. The lowest BCUT2D eigenvalue weighted by Crippen LogP contribution is -2.55. The van der Waals surface area contributed by atoms with Gasteiger partial charge in [0.15, 0.2) is 0 Å². The Morgan fingerprint density at radius 1 is 0.688 bits per heavy atom. The first-order valence-electron chi connectivity index (χ1n) is 22.7. The average Bonchev–Trinajstić information content (AvgIpc) is 3.36. The number of carboxylic acid groups (broad SMARTS) is 1. The largest absolute Gasteiger partial charge is 0.478 e. The van der Waals surface area contributed by atoms with Crippen molar-refractivity contribution in [2.45, 2.75) is 45.4 Å². The number of anilines is 2. The third-order valence-corrected chi connectivity index (χ3v) is 13.9. The molecular weight excluding hydrogens is 1080 g/mol. The number of halogens is 5. The third kappa shape index (κ3) is 15.9. The Morgan fingerprint density at radius 3 is 1.55 bits per heavy atom. The van der Waals surface area contributed by atoms with Crippen molar-refractivity contribution in [3.05, 3.63) is 146 Å². The summed E-state index contributed by atoms with van der Waals surface area (Å²) >= 11 is 5.98. The van der Waals surface area contributed by atoms with E-state index in [1.165, 1.54) is 52.4 Å². The van der Waals surface area contributed by atoms with Crippen LogP contribution in [0.25, 0.3) is 0 Å². The molecule has 77 heavy (non-hydrogen) atoms. The number of aromatic carboxylic acids is 1. The molecule has 21 nitrogen and oxygen atoms in total. The van der Waals surface area contributed by atoms with E-state index < -0.39 is 99.0 Å². The van der Waals surface area contributed by atoms with Crippen LogP contribution in [0.2, 0.25) is 5.02 Å². The molecule has 7 rings (SSSR count). The number of nitrogens with zero attached hydrogens (tertiary/aromatic N) is 7. The Morgan fingerprint density at radius 2 is 1.14 bits per heavy atom. The third-order valence-electron chi connectivity index (χ3n) is 11.1. The van der Waals surface area contributed by atoms with Crippen molar-refractivity contribution in [3.8, 4) is 12.1 Å². The maximum Gasteiger partial charge on any atom is 0.340 e. The number of carbonyl (C=O) groups excluding carboxylic acids is 4. The first-order valence-corrected chi connectivity index (χ1v) is 26.4. The zero-order valence-electron chi connectivity index (χ0n) is 40.7. The van der Waals surface area contributed by atoms with Gasteiger partial charge < -0.3 is 24.4 Å². The van der Waals surface area contributed by atoms with Crippen LogP contribution < -0.4 is 19.2 Å². The summed E-state index contributed by atoms with van der Waals surface area (Å²) in [7, 11) is -7.98. The molecule has 0 spiro atoms. The Hall–Kier alpha value is -8.27. The molecule has 0 aliphatic carbocycles. The Labute approximate surface area is 443 Å². The minimum atomic E-state index is -4.00. The van der Waals surface area contributed by atoms with Crippen LogP contribution in [-0.4, -0.2) is 106 Å². The summed E-state index contributed by atoms with van der Waals surface area (Å²) in [5.74, 6) is -6.81. The van der Waals surface area contributed by atoms with Crippen LogP contribution in [0, 0.1) is 40.3 Å². The SMILES string of the molecule is CCOC(=O)c1cc(C#N)c(N2CC(C(=O)NS(=O)(=O)Cc3ccc(F)cc3)C2)nc1CF.CCOC(=O)c1cc(C#N)c(N2CC(C(=O)NS(=O)(=O)Cc3ccccc3Cl)C2)nc1CF.O=C(O)c1cccnc1CF. The minimum absolute atomic E-state index is 0.00181. The van der Waals surface area contributed by atoms with Crippen LogP contribution >= 0.6 is 11.6 Å². The average molecular weight is 1130 g/mol. The summed E-state index contributed by atoms with van der Waals surface area (Å²) in [6, 6.07) is 20.2. The van der Waals surface area contributed by atoms with Crippen molar-refractivity contribution in [3.63, 3.8) is 0 Å². The number of rotatable bonds is 18. The van der Waals surface area contributed by atoms with Crippen molar-refractivity contribution in [2.75, 3.05) is 49.2 Å². The standard InChI is InChI=1S/C21H20ClFN4O5S.C21H20F2N4O5S.C7H6FNO2/c1-2-32-21(29)16-7-14(9-24)19(25-18(16)8-23)27-10-15(11-27)20(28)26-33(30,31)12-13-5-3-4-6-17(13)22;1-2-32-21(29)17-7-14(9-24)19(25-18(17)8-22)27-10-15(11-27)20(28)26-33(30,31)12-13-3-5-16(23)6-4-13;8-4-6-5(7(10)11)2-1-3-9-6/h2*3-7,15H,2,8,10-12H2,1H3,(H,26,28);1-3H,4H2,(H,10,11). The van der Waals surface area contributed by atoms with E-state index in [0.717, 1.165) is 12.1 Å². The number of ether oxygens (including phenoxy) is 2. The Bertz CT molecular complexity index is 3340. The quantitative estimate of drug-likeness (QED) is 0.0730. The number of nitriles is 2. The van der Waals surface area contributed by atoms with Crippen LogP contribution in [0.15, 0.2) is 79.0 Å². The molecule has 0 radical (unpaired) electrons. The van der Waals surface area contributed by atoms with E-state index in [9.17, 15) is 68.9 Å². The molecule has 0 bridgehead atoms. The smallest absolute Gasteiger partial charge is 0.340 e. The number of aromatic nitrogens is 3. The van der Waals surface area contributed by atoms with Gasteiger partial charge in [-0.05, 0) is 67.4 Å². The number of amides is 2. The molecule has 28 heteroatoms. The molecule has 2 saturated heterocycles. The number of alkyl halides is 3. The van der Waals surface area contributed by atoms with Gasteiger partial charge in [0, 0.05) is 37.4 Å². The topological polar surface area (TPSA) is 309 Å². The second-order valence-corrected chi connectivity index (χ2v) is 20.3. The van der Waals surface area contributed by atoms with Crippen LogP contribution in [0.4, 0.5) is 29.2 Å². The zero-order valence-corrected chi connectivity index (χ0v) is 43.1. The highest BCUT2D eigenvalue weighted by molar-refractivity contribution is 7.89. The molecule has 5 aromatic rings. The number of carboxylic acids is 1. The van der Waals surface area contributed by atoms with Crippen molar-refractivity contribution in [1.82, 2.24) is 24.4 Å². The highest BCUT2D eigenvalue weighted by Crippen LogP contribution is 2.31. The first kappa shape index (κ1) is 59.6. The van der Waals surface area contributed by atoms with Crippen LogP contribution in [0.1, 0.15) is 84.3 Å². The van der Waals surface area contributed by atoms with Gasteiger partial charge in [-0.1, -0.05) is 41.9 Å². The van der Waals surface area contributed by atoms with Crippen LogP contribution in [0.5, 0.6) is 0 Å². The predicted octanol–water partition coefficient (Wildman–Crippen LogP) is 5.41. The summed E-state index contributed by atoms with van der Waals surface area (Å²) < 4.78 is 115. The molecule has 0 saturated carbocycles. The Kier molecular flexibility index (Phi) is 20.9. The van der Waals surface area contributed by atoms with Gasteiger partial charge in [-0.2, -0.15) is 10.5 Å². The van der Waals surface area contributed by atoms with Gasteiger partial charge >= 0.3 is 17.9 Å². The number of esters is 2. The van der Waals surface area contributed by atoms with Gasteiger partial charge in [-0.15, -0.1) is 0 Å². The van der Waals surface area contributed by atoms with Crippen molar-refractivity contribution < 1.29 is 73.0 Å². The molecule has 2 aliphatic rings. The van der Waals surface area contributed by atoms with E-state index in [1.807, 2.05) is 21.6 Å². The van der Waals surface area contributed by atoms with E-state index in [1.54, 1.807) is 38.1 Å². The van der Waals surface area contributed by atoms with Crippen LogP contribution in [0.3, 0.4) is 0 Å². The van der Waals surface area contributed by atoms with Gasteiger partial charge in [0.05, 0.1) is 81.5 Å².